The van der Waals surface area contributed by atoms with Crippen LogP contribution in [0.25, 0.3) is 0 Å². The van der Waals surface area contributed by atoms with Gasteiger partial charge in [0.25, 0.3) is 0 Å². The molecule has 12 heavy (non-hydrogen) atoms. The number of rotatable bonds is 2. The molecule has 0 radical (unpaired) electrons. The van der Waals surface area contributed by atoms with E-state index >= 15 is 0 Å². The Morgan fingerprint density at radius 1 is 1.75 bits per heavy atom. The highest BCUT2D eigenvalue weighted by Crippen LogP contribution is 2.05. The Balaban J connectivity index is 3.12. The Morgan fingerprint density at radius 3 is 2.83 bits per heavy atom. The van der Waals surface area contributed by atoms with E-state index in [0.29, 0.717) is 5.69 Å². The molecule has 64 valence electrons. The lowest BCUT2D eigenvalue weighted by Crippen LogP contribution is -2.12. The summed E-state index contributed by atoms with van der Waals surface area (Å²) < 4.78 is 0. The highest BCUT2D eigenvalue weighted by molar-refractivity contribution is 5.88. The molecular formula is C6H8N4O2. The molecule has 4 N–H and O–H groups in total. The number of carboxylic acid groups (broad SMARTS) is 1. The van der Waals surface area contributed by atoms with Gasteiger partial charge in [0.2, 0.25) is 5.95 Å². The molecule has 1 aromatic rings. The topological polar surface area (TPSA) is 101 Å². The summed E-state index contributed by atoms with van der Waals surface area (Å²) in [6.07, 6.45) is 1.21. The number of hydrazine groups is 1. The Kier molecular flexibility index (Phi) is 2.20. The molecule has 6 heteroatoms. The molecule has 0 fully saturated rings. The fourth-order valence-electron chi connectivity index (χ4n) is 0.747. The third-order valence-electron chi connectivity index (χ3n) is 1.34. The number of nitrogens with two attached hydrogens (primary N) is 1. The Morgan fingerprint density at radius 2 is 2.42 bits per heavy atom. The van der Waals surface area contributed by atoms with Crippen LogP contribution in [0.15, 0.2) is 6.20 Å². The Hall–Kier alpha value is -1.69. The lowest BCUT2D eigenvalue weighted by molar-refractivity contribution is 0.0695. The number of hydrogen-bond donors (Lipinski definition) is 3. The van der Waals surface area contributed by atoms with Crippen molar-refractivity contribution in [3.63, 3.8) is 0 Å². The van der Waals surface area contributed by atoms with Gasteiger partial charge in [0.15, 0.2) is 0 Å². The quantitative estimate of drug-likeness (QED) is 0.416. The van der Waals surface area contributed by atoms with E-state index in [9.17, 15) is 4.79 Å². The van der Waals surface area contributed by atoms with E-state index < -0.39 is 5.97 Å². The highest BCUT2D eigenvalue weighted by atomic mass is 16.4. The number of hydrogen-bond acceptors (Lipinski definition) is 5. The Bertz CT molecular complexity index is 312. The zero-order chi connectivity index (χ0) is 9.14. The number of aryl methyl sites for hydroxylation is 1. The van der Waals surface area contributed by atoms with Crippen molar-refractivity contribution in [2.24, 2.45) is 5.84 Å². The molecule has 0 aliphatic carbocycles. The number of carbonyl (C=O) groups is 1. The molecule has 1 heterocycles. The summed E-state index contributed by atoms with van der Waals surface area (Å²) in [6.45, 7) is 1.58. The van der Waals surface area contributed by atoms with E-state index in [1.54, 1.807) is 6.92 Å². The first kappa shape index (κ1) is 8.41. The predicted octanol–water partition coefficient (Wildman–Crippen LogP) is -0.231. The molecule has 1 aromatic heterocycles. The van der Waals surface area contributed by atoms with Gasteiger partial charge in [-0.05, 0) is 6.92 Å². The van der Waals surface area contributed by atoms with Gasteiger partial charge in [0, 0.05) is 6.20 Å². The molecule has 0 saturated carbocycles. The maximum absolute atomic E-state index is 10.5. The highest BCUT2D eigenvalue weighted by Gasteiger charge is 2.08. The van der Waals surface area contributed by atoms with Crippen LogP contribution in [0.2, 0.25) is 0 Å². The molecule has 0 unspecified atom stereocenters. The molecule has 0 aliphatic rings. The van der Waals surface area contributed by atoms with Crippen LogP contribution in [0.1, 0.15) is 16.1 Å². The van der Waals surface area contributed by atoms with Gasteiger partial charge < -0.3 is 5.11 Å². The predicted molar refractivity (Wildman–Crippen MR) is 41.5 cm³/mol. The fraction of sp³-hybridized carbons (Fsp3) is 0.167. The van der Waals surface area contributed by atoms with Crippen LogP contribution in [-0.4, -0.2) is 21.0 Å². The summed E-state index contributed by atoms with van der Waals surface area (Å²) in [6, 6.07) is 0. The second kappa shape index (κ2) is 3.14. The van der Waals surface area contributed by atoms with Gasteiger partial charge in [-0.25, -0.2) is 20.6 Å². The van der Waals surface area contributed by atoms with Crippen LogP contribution < -0.4 is 11.3 Å². The van der Waals surface area contributed by atoms with Crippen molar-refractivity contribution >= 4 is 11.9 Å². The lowest BCUT2D eigenvalue weighted by atomic mass is 10.2. The van der Waals surface area contributed by atoms with Crippen molar-refractivity contribution in [2.45, 2.75) is 6.92 Å². The van der Waals surface area contributed by atoms with Crippen LogP contribution in [0.3, 0.4) is 0 Å². The van der Waals surface area contributed by atoms with E-state index in [0.717, 1.165) is 0 Å². The van der Waals surface area contributed by atoms with Gasteiger partial charge >= 0.3 is 5.97 Å². The zero-order valence-corrected chi connectivity index (χ0v) is 6.40. The molecule has 0 bridgehead atoms. The SMILES string of the molecule is Cc1nc(NN)ncc1C(=O)O. The minimum Gasteiger partial charge on any atom is -0.478 e. The molecule has 0 aliphatic heterocycles. The van der Waals surface area contributed by atoms with Crippen LogP contribution in [0.5, 0.6) is 0 Å². The molecule has 6 nitrogen and oxygen atoms in total. The number of carboxylic acids is 1. The minimum absolute atomic E-state index is 0.0778. The van der Waals surface area contributed by atoms with Gasteiger partial charge in [-0.1, -0.05) is 0 Å². The number of aromatic nitrogens is 2. The first-order valence-electron chi connectivity index (χ1n) is 3.18. The van der Waals surface area contributed by atoms with Crippen molar-refractivity contribution in [1.82, 2.24) is 9.97 Å². The van der Waals surface area contributed by atoms with Crippen molar-refractivity contribution in [2.75, 3.05) is 5.43 Å². The molecule has 0 spiro atoms. The molecule has 0 amide bonds. The number of anilines is 1. The van der Waals surface area contributed by atoms with E-state index in [2.05, 4.69) is 15.4 Å². The van der Waals surface area contributed by atoms with E-state index in [-0.39, 0.29) is 11.5 Å². The van der Waals surface area contributed by atoms with Crippen molar-refractivity contribution < 1.29 is 9.90 Å². The molecule has 0 saturated heterocycles. The fourth-order valence-corrected chi connectivity index (χ4v) is 0.747. The standard InChI is InChI=1S/C6H8N4O2/c1-3-4(5(11)12)2-8-6(9-3)10-7/h2H,7H2,1H3,(H,11,12)(H,8,9,10). The maximum atomic E-state index is 10.5. The summed E-state index contributed by atoms with van der Waals surface area (Å²) in [4.78, 5) is 17.9. The summed E-state index contributed by atoms with van der Waals surface area (Å²) in [5.41, 5.74) is 2.68. The third kappa shape index (κ3) is 1.48. The average Bonchev–Trinajstić information content (AvgIpc) is 2.03. The van der Waals surface area contributed by atoms with E-state index in [1.807, 2.05) is 0 Å². The van der Waals surface area contributed by atoms with Crippen molar-refractivity contribution in [3.05, 3.63) is 17.5 Å². The second-order valence-corrected chi connectivity index (χ2v) is 2.14. The first-order valence-corrected chi connectivity index (χ1v) is 3.18. The molecule has 0 aromatic carbocycles. The smallest absolute Gasteiger partial charge is 0.339 e. The number of aromatic carboxylic acids is 1. The third-order valence-corrected chi connectivity index (χ3v) is 1.34. The Labute approximate surface area is 68.4 Å². The normalized spacial score (nSPS) is 9.50. The first-order chi connectivity index (χ1) is 5.65. The molecule has 1 rings (SSSR count). The zero-order valence-electron chi connectivity index (χ0n) is 6.40. The van der Waals surface area contributed by atoms with Crippen LogP contribution in [-0.2, 0) is 0 Å². The number of nitrogens with one attached hydrogen (secondary N) is 1. The summed E-state index contributed by atoms with van der Waals surface area (Å²) >= 11 is 0. The lowest BCUT2D eigenvalue weighted by Gasteiger charge is -2.01. The van der Waals surface area contributed by atoms with Crippen LogP contribution in [0.4, 0.5) is 5.95 Å². The molecular weight excluding hydrogens is 160 g/mol. The van der Waals surface area contributed by atoms with E-state index in [1.165, 1.54) is 6.20 Å². The van der Waals surface area contributed by atoms with Crippen molar-refractivity contribution in [1.29, 1.82) is 0 Å². The van der Waals surface area contributed by atoms with Crippen molar-refractivity contribution in [3.8, 4) is 0 Å². The second-order valence-electron chi connectivity index (χ2n) is 2.14. The van der Waals surface area contributed by atoms with Gasteiger partial charge in [-0.15, -0.1) is 0 Å². The van der Waals surface area contributed by atoms with E-state index in [4.69, 9.17) is 10.9 Å². The average molecular weight is 168 g/mol. The van der Waals surface area contributed by atoms with Gasteiger partial charge in [0.1, 0.15) is 0 Å². The summed E-state index contributed by atoms with van der Waals surface area (Å²) in [5, 5.41) is 8.60. The van der Waals surface area contributed by atoms with Gasteiger partial charge in [0.05, 0.1) is 11.3 Å². The number of nitrogen functional groups attached to an aromatic ring is 1. The minimum atomic E-state index is -1.05. The van der Waals surface area contributed by atoms with Gasteiger partial charge in [-0.3, -0.25) is 5.43 Å². The molecule has 0 atom stereocenters. The summed E-state index contributed by atoms with van der Waals surface area (Å²) in [5.74, 6) is 4.18. The maximum Gasteiger partial charge on any atom is 0.339 e. The van der Waals surface area contributed by atoms with Crippen LogP contribution in [0, 0.1) is 6.92 Å². The monoisotopic (exact) mass is 168 g/mol. The number of nitrogens with zero attached hydrogens (tertiary/aromatic N) is 2. The van der Waals surface area contributed by atoms with Gasteiger partial charge in [-0.2, -0.15) is 0 Å². The largest absolute Gasteiger partial charge is 0.478 e. The van der Waals surface area contributed by atoms with Crippen LogP contribution >= 0.6 is 0 Å². The summed E-state index contributed by atoms with van der Waals surface area (Å²) in [7, 11) is 0.